The van der Waals surface area contributed by atoms with Gasteiger partial charge in [0.2, 0.25) is 0 Å². The smallest absolute Gasteiger partial charge is 0.0431 e. The predicted octanol–water partition coefficient (Wildman–Crippen LogP) is 0.975. The highest BCUT2D eigenvalue weighted by Crippen LogP contribution is 2.21. The standard InChI is InChI=1S/C12H24N2O/c15-10-2-4-12-3-1-8-14(12)9-7-13-11-5-6-11/h11-13,15H,1-10H2. The van der Waals surface area contributed by atoms with E-state index < -0.39 is 0 Å². The van der Waals surface area contributed by atoms with Gasteiger partial charge in [0.15, 0.2) is 0 Å². The van der Waals surface area contributed by atoms with Gasteiger partial charge in [-0.3, -0.25) is 4.90 Å². The Morgan fingerprint density at radius 3 is 2.87 bits per heavy atom. The van der Waals surface area contributed by atoms with E-state index in [1.54, 1.807) is 0 Å². The first-order valence-corrected chi connectivity index (χ1v) is 6.48. The van der Waals surface area contributed by atoms with Crippen molar-refractivity contribution in [3.63, 3.8) is 0 Å². The van der Waals surface area contributed by atoms with E-state index in [9.17, 15) is 0 Å². The van der Waals surface area contributed by atoms with Gasteiger partial charge in [-0.25, -0.2) is 0 Å². The molecule has 1 unspecified atom stereocenters. The SMILES string of the molecule is OCCCC1CCCN1CCNC1CC1. The fraction of sp³-hybridized carbons (Fsp3) is 1.00. The summed E-state index contributed by atoms with van der Waals surface area (Å²) in [6.07, 6.45) is 7.60. The summed E-state index contributed by atoms with van der Waals surface area (Å²) < 4.78 is 0. The third kappa shape index (κ3) is 3.74. The number of aliphatic hydroxyl groups is 1. The van der Waals surface area contributed by atoms with Crippen molar-refractivity contribution in [1.29, 1.82) is 0 Å². The Labute approximate surface area is 92.8 Å². The first-order valence-electron chi connectivity index (χ1n) is 6.48. The minimum Gasteiger partial charge on any atom is -0.396 e. The van der Waals surface area contributed by atoms with E-state index in [-0.39, 0.29) is 0 Å². The molecule has 0 radical (unpaired) electrons. The van der Waals surface area contributed by atoms with Gasteiger partial charge in [-0.05, 0) is 45.1 Å². The lowest BCUT2D eigenvalue weighted by Crippen LogP contribution is -2.36. The first-order chi connectivity index (χ1) is 7.40. The number of hydrogen-bond donors (Lipinski definition) is 2. The second-order valence-corrected chi connectivity index (χ2v) is 4.93. The Bertz CT molecular complexity index is 182. The van der Waals surface area contributed by atoms with Crippen LogP contribution < -0.4 is 5.32 Å². The third-order valence-electron chi connectivity index (χ3n) is 3.60. The maximum atomic E-state index is 8.84. The molecular formula is C12H24N2O. The van der Waals surface area contributed by atoms with Crippen LogP contribution >= 0.6 is 0 Å². The molecule has 2 fully saturated rings. The summed E-state index contributed by atoms with van der Waals surface area (Å²) in [6.45, 7) is 3.97. The van der Waals surface area contributed by atoms with Crippen LogP contribution in [0.5, 0.6) is 0 Å². The number of nitrogens with one attached hydrogen (secondary N) is 1. The van der Waals surface area contributed by atoms with Crippen LogP contribution in [-0.2, 0) is 0 Å². The second kappa shape index (κ2) is 5.83. The molecule has 1 saturated heterocycles. The van der Waals surface area contributed by atoms with Gasteiger partial charge in [-0.1, -0.05) is 0 Å². The average molecular weight is 212 g/mol. The third-order valence-corrected chi connectivity index (χ3v) is 3.60. The molecule has 3 heteroatoms. The molecule has 2 rings (SSSR count). The summed E-state index contributed by atoms with van der Waals surface area (Å²) in [7, 11) is 0. The number of aliphatic hydroxyl groups excluding tert-OH is 1. The summed E-state index contributed by atoms with van der Waals surface area (Å²) in [5, 5.41) is 12.4. The van der Waals surface area contributed by atoms with E-state index in [0.29, 0.717) is 6.61 Å². The lowest BCUT2D eigenvalue weighted by Gasteiger charge is -2.24. The van der Waals surface area contributed by atoms with Crippen LogP contribution in [0.15, 0.2) is 0 Å². The topological polar surface area (TPSA) is 35.5 Å². The highest BCUT2D eigenvalue weighted by molar-refractivity contribution is 4.83. The Hall–Kier alpha value is -0.120. The molecule has 2 aliphatic rings. The van der Waals surface area contributed by atoms with Gasteiger partial charge < -0.3 is 10.4 Å². The quantitative estimate of drug-likeness (QED) is 0.660. The van der Waals surface area contributed by atoms with Crippen molar-refractivity contribution >= 4 is 0 Å². The molecule has 0 spiro atoms. The Morgan fingerprint density at radius 1 is 1.27 bits per heavy atom. The molecule has 1 aliphatic heterocycles. The summed E-state index contributed by atoms with van der Waals surface area (Å²) in [4.78, 5) is 2.60. The molecule has 0 aromatic heterocycles. The van der Waals surface area contributed by atoms with Crippen molar-refractivity contribution in [3.8, 4) is 0 Å². The van der Waals surface area contributed by atoms with Gasteiger partial charge in [0.25, 0.3) is 0 Å². The van der Waals surface area contributed by atoms with E-state index >= 15 is 0 Å². The summed E-state index contributed by atoms with van der Waals surface area (Å²) in [5.41, 5.74) is 0. The van der Waals surface area contributed by atoms with Crippen LogP contribution in [0.25, 0.3) is 0 Å². The van der Waals surface area contributed by atoms with Crippen molar-refractivity contribution in [2.75, 3.05) is 26.2 Å². The van der Waals surface area contributed by atoms with Crippen molar-refractivity contribution in [2.45, 2.75) is 50.6 Å². The zero-order valence-electron chi connectivity index (χ0n) is 9.62. The minimum atomic E-state index is 0.352. The zero-order chi connectivity index (χ0) is 10.5. The van der Waals surface area contributed by atoms with Crippen LogP contribution in [0.2, 0.25) is 0 Å². The maximum Gasteiger partial charge on any atom is 0.0431 e. The normalized spacial score (nSPS) is 27.4. The molecule has 1 aliphatic carbocycles. The number of likely N-dealkylation sites (tertiary alicyclic amines) is 1. The van der Waals surface area contributed by atoms with Crippen molar-refractivity contribution in [3.05, 3.63) is 0 Å². The highest BCUT2D eigenvalue weighted by Gasteiger charge is 2.24. The van der Waals surface area contributed by atoms with E-state index in [2.05, 4.69) is 10.2 Å². The lowest BCUT2D eigenvalue weighted by atomic mass is 10.1. The molecule has 15 heavy (non-hydrogen) atoms. The van der Waals surface area contributed by atoms with E-state index in [0.717, 1.165) is 25.0 Å². The second-order valence-electron chi connectivity index (χ2n) is 4.93. The number of hydrogen-bond acceptors (Lipinski definition) is 3. The lowest BCUT2D eigenvalue weighted by molar-refractivity contribution is 0.216. The molecule has 3 nitrogen and oxygen atoms in total. The average Bonchev–Trinajstić information content (AvgIpc) is 2.95. The minimum absolute atomic E-state index is 0.352. The first kappa shape index (κ1) is 11.4. The van der Waals surface area contributed by atoms with Gasteiger partial charge in [0.05, 0.1) is 0 Å². The molecule has 1 atom stereocenters. The highest BCUT2D eigenvalue weighted by atomic mass is 16.2. The summed E-state index contributed by atoms with van der Waals surface area (Å²) in [6, 6.07) is 1.58. The molecule has 2 N–H and O–H groups in total. The largest absolute Gasteiger partial charge is 0.396 e. The number of rotatable bonds is 7. The molecular weight excluding hydrogens is 188 g/mol. The van der Waals surface area contributed by atoms with Crippen molar-refractivity contribution in [1.82, 2.24) is 10.2 Å². The van der Waals surface area contributed by atoms with Crippen LogP contribution in [-0.4, -0.2) is 48.3 Å². The molecule has 0 aromatic carbocycles. The van der Waals surface area contributed by atoms with E-state index in [4.69, 9.17) is 5.11 Å². The summed E-state index contributed by atoms with van der Waals surface area (Å²) >= 11 is 0. The van der Waals surface area contributed by atoms with Gasteiger partial charge in [0.1, 0.15) is 0 Å². The Balaban J connectivity index is 1.60. The molecule has 1 heterocycles. The summed E-state index contributed by atoms with van der Waals surface area (Å²) in [5.74, 6) is 0. The Morgan fingerprint density at radius 2 is 2.13 bits per heavy atom. The van der Waals surface area contributed by atoms with Crippen molar-refractivity contribution in [2.24, 2.45) is 0 Å². The van der Waals surface area contributed by atoms with Crippen LogP contribution in [0.1, 0.15) is 38.5 Å². The zero-order valence-corrected chi connectivity index (χ0v) is 9.62. The van der Waals surface area contributed by atoms with Gasteiger partial charge in [-0.2, -0.15) is 0 Å². The molecule has 0 aromatic rings. The fourth-order valence-electron chi connectivity index (χ4n) is 2.54. The van der Waals surface area contributed by atoms with Crippen LogP contribution in [0, 0.1) is 0 Å². The van der Waals surface area contributed by atoms with Gasteiger partial charge in [-0.15, -0.1) is 0 Å². The monoisotopic (exact) mass is 212 g/mol. The number of nitrogens with zero attached hydrogens (tertiary/aromatic N) is 1. The molecule has 0 amide bonds. The van der Waals surface area contributed by atoms with Crippen LogP contribution in [0.3, 0.4) is 0 Å². The fourth-order valence-corrected chi connectivity index (χ4v) is 2.54. The Kier molecular flexibility index (Phi) is 4.42. The van der Waals surface area contributed by atoms with E-state index in [1.807, 2.05) is 0 Å². The maximum absolute atomic E-state index is 8.84. The molecule has 88 valence electrons. The molecule has 0 bridgehead atoms. The van der Waals surface area contributed by atoms with Gasteiger partial charge >= 0.3 is 0 Å². The van der Waals surface area contributed by atoms with Crippen LogP contribution in [0.4, 0.5) is 0 Å². The molecule has 1 saturated carbocycles. The van der Waals surface area contributed by atoms with E-state index in [1.165, 1.54) is 45.2 Å². The van der Waals surface area contributed by atoms with Crippen molar-refractivity contribution < 1.29 is 5.11 Å². The predicted molar refractivity (Wildman–Crippen MR) is 61.9 cm³/mol. The van der Waals surface area contributed by atoms with Gasteiger partial charge in [0, 0.05) is 31.8 Å².